The van der Waals surface area contributed by atoms with E-state index in [0.717, 1.165) is 28.0 Å². The fourth-order valence-electron chi connectivity index (χ4n) is 3.87. The zero-order valence-corrected chi connectivity index (χ0v) is 21.2. The van der Waals surface area contributed by atoms with Crippen LogP contribution in [0, 0.1) is 27.7 Å². The molecule has 1 aliphatic heterocycles. The van der Waals surface area contributed by atoms with E-state index in [4.69, 9.17) is 9.47 Å². The van der Waals surface area contributed by atoms with Crippen molar-refractivity contribution in [2.75, 3.05) is 24.0 Å². The van der Waals surface area contributed by atoms with Crippen LogP contribution in [0.4, 0.5) is 5.69 Å². The second-order valence-electron chi connectivity index (χ2n) is 8.84. The molecule has 0 radical (unpaired) electrons. The Morgan fingerprint density at radius 2 is 1.63 bits per heavy atom. The van der Waals surface area contributed by atoms with E-state index in [1.54, 1.807) is 36.4 Å². The fraction of sp³-hybridized carbons (Fsp3) is 0.296. The number of hydrogen-bond acceptors (Lipinski definition) is 5. The number of rotatable bonds is 7. The van der Waals surface area contributed by atoms with E-state index >= 15 is 0 Å². The number of amides is 1. The summed E-state index contributed by atoms with van der Waals surface area (Å²) in [4.78, 5) is 13.1. The number of nitrogens with zero attached hydrogens (tertiary/aromatic N) is 1. The van der Waals surface area contributed by atoms with Crippen LogP contribution in [-0.4, -0.2) is 40.1 Å². The van der Waals surface area contributed by atoms with Crippen molar-refractivity contribution in [1.82, 2.24) is 5.32 Å². The molecule has 3 aromatic rings. The van der Waals surface area contributed by atoms with E-state index in [0.29, 0.717) is 11.4 Å². The number of benzene rings is 3. The second-order valence-corrected chi connectivity index (χ2v) is 10.7. The number of ether oxygens (including phenoxy) is 2. The molecule has 4 rings (SSSR count). The van der Waals surface area contributed by atoms with Crippen molar-refractivity contribution in [2.24, 2.45) is 0 Å². The lowest BCUT2D eigenvalue weighted by atomic mass is 10.1. The Morgan fingerprint density at radius 1 is 0.971 bits per heavy atom. The van der Waals surface area contributed by atoms with Gasteiger partial charge in [0.15, 0.2) is 6.10 Å². The highest BCUT2D eigenvalue weighted by molar-refractivity contribution is 7.92. The maximum atomic E-state index is 13.5. The van der Waals surface area contributed by atoms with Crippen LogP contribution in [0.5, 0.6) is 11.5 Å². The summed E-state index contributed by atoms with van der Waals surface area (Å²) in [5.74, 6) is 0.724. The van der Waals surface area contributed by atoms with Gasteiger partial charge in [0.05, 0.1) is 23.7 Å². The number of anilines is 1. The molecule has 35 heavy (non-hydrogen) atoms. The highest BCUT2D eigenvalue weighted by atomic mass is 32.2. The average molecular weight is 495 g/mol. The molecule has 0 saturated carbocycles. The molecule has 7 nitrogen and oxygen atoms in total. The topological polar surface area (TPSA) is 84.9 Å². The Kier molecular flexibility index (Phi) is 7.03. The summed E-state index contributed by atoms with van der Waals surface area (Å²) in [6, 6.07) is 17.9. The van der Waals surface area contributed by atoms with Crippen LogP contribution in [0.25, 0.3) is 0 Å². The van der Waals surface area contributed by atoms with Gasteiger partial charge in [0, 0.05) is 0 Å². The molecular formula is C27H30N2O5S. The van der Waals surface area contributed by atoms with Gasteiger partial charge in [-0.25, -0.2) is 8.42 Å². The number of carbonyl (C=O) groups is 1. The van der Waals surface area contributed by atoms with Crippen LogP contribution >= 0.6 is 0 Å². The zero-order chi connectivity index (χ0) is 25.2. The lowest BCUT2D eigenvalue weighted by Crippen LogP contribution is -2.51. The molecule has 0 spiro atoms. The maximum Gasteiger partial charge on any atom is 0.264 e. The Labute approximate surface area is 206 Å². The van der Waals surface area contributed by atoms with Crippen molar-refractivity contribution >= 4 is 21.6 Å². The third-order valence-corrected chi connectivity index (χ3v) is 7.68. The first kappa shape index (κ1) is 24.6. The van der Waals surface area contributed by atoms with Crippen LogP contribution in [0.15, 0.2) is 65.6 Å². The molecule has 8 heteroatoms. The van der Waals surface area contributed by atoms with Crippen LogP contribution in [0.1, 0.15) is 22.3 Å². The van der Waals surface area contributed by atoms with E-state index in [1.807, 2.05) is 52.0 Å². The van der Waals surface area contributed by atoms with Crippen molar-refractivity contribution < 1.29 is 22.7 Å². The predicted octanol–water partition coefficient (Wildman–Crippen LogP) is 4.07. The lowest BCUT2D eigenvalue weighted by molar-refractivity contribution is -0.127. The van der Waals surface area contributed by atoms with Gasteiger partial charge in [-0.15, -0.1) is 0 Å². The smallest absolute Gasteiger partial charge is 0.264 e. The van der Waals surface area contributed by atoms with Gasteiger partial charge in [-0.05, 0) is 74.7 Å². The number of aryl methyl sites for hydroxylation is 4. The van der Waals surface area contributed by atoms with Crippen molar-refractivity contribution in [1.29, 1.82) is 0 Å². The first-order valence-corrected chi connectivity index (χ1v) is 12.9. The number of fused-ring (bicyclic) bond motifs is 1. The zero-order valence-electron chi connectivity index (χ0n) is 20.4. The minimum Gasteiger partial charge on any atom is -0.491 e. The van der Waals surface area contributed by atoms with Gasteiger partial charge in [-0.3, -0.25) is 9.10 Å². The minimum atomic E-state index is -3.90. The predicted molar refractivity (Wildman–Crippen MR) is 136 cm³/mol. The summed E-state index contributed by atoms with van der Waals surface area (Å²) in [7, 11) is -3.90. The Bertz CT molecular complexity index is 1340. The lowest BCUT2D eigenvalue weighted by Gasteiger charge is -2.35. The number of sulfonamides is 1. The maximum absolute atomic E-state index is 13.5. The molecule has 0 aliphatic carbocycles. The quantitative estimate of drug-likeness (QED) is 0.501. The monoisotopic (exact) mass is 494 g/mol. The van der Waals surface area contributed by atoms with E-state index in [9.17, 15) is 13.2 Å². The molecule has 1 N–H and O–H groups in total. The molecule has 1 heterocycles. The largest absolute Gasteiger partial charge is 0.491 e. The van der Waals surface area contributed by atoms with Crippen LogP contribution in [0.3, 0.4) is 0 Å². The van der Waals surface area contributed by atoms with Gasteiger partial charge in [0.25, 0.3) is 15.9 Å². The van der Waals surface area contributed by atoms with Crippen LogP contribution in [0.2, 0.25) is 0 Å². The summed E-state index contributed by atoms with van der Waals surface area (Å²) in [5.41, 5.74) is 4.38. The molecule has 0 bridgehead atoms. The van der Waals surface area contributed by atoms with Gasteiger partial charge in [0.2, 0.25) is 0 Å². The number of carbonyl (C=O) groups excluding carboxylic acids is 1. The van der Waals surface area contributed by atoms with Crippen LogP contribution in [-0.2, 0) is 14.8 Å². The number of hydrogen-bond donors (Lipinski definition) is 1. The molecular weight excluding hydrogens is 464 g/mol. The Hall–Kier alpha value is -3.52. The number of nitrogens with one attached hydrogen (secondary N) is 1. The van der Waals surface area contributed by atoms with Gasteiger partial charge in [0.1, 0.15) is 18.1 Å². The summed E-state index contributed by atoms with van der Waals surface area (Å²) in [5, 5.41) is 2.81. The summed E-state index contributed by atoms with van der Waals surface area (Å²) in [6.45, 7) is 8.15. The molecule has 1 aliphatic rings. The van der Waals surface area contributed by atoms with Gasteiger partial charge in [-0.2, -0.15) is 0 Å². The van der Waals surface area contributed by atoms with Crippen molar-refractivity contribution in [3.05, 3.63) is 82.9 Å². The van der Waals surface area contributed by atoms with Gasteiger partial charge in [-0.1, -0.05) is 35.9 Å². The second kappa shape index (κ2) is 10.00. The SMILES string of the molecule is Cc1ccc(S(=O)(=O)N2CC(C(=O)NCCOc3cc(C)ccc3C)Oc3ccc(C)cc32)cc1. The van der Waals surface area contributed by atoms with Gasteiger partial charge < -0.3 is 14.8 Å². The third kappa shape index (κ3) is 5.43. The van der Waals surface area contributed by atoms with E-state index in [-0.39, 0.29) is 24.6 Å². The highest BCUT2D eigenvalue weighted by Gasteiger charge is 2.37. The molecule has 1 amide bonds. The van der Waals surface area contributed by atoms with Crippen molar-refractivity contribution in [2.45, 2.75) is 38.7 Å². The molecule has 1 unspecified atom stereocenters. The Balaban J connectivity index is 1.49. The Morgan fingerprint density at radius 3 is 2.37 bits per heavy atom. The standard InChI is InChI=1S/C27H30N2O5S/c1-18-6-10-22(11-7-18)35(31,32)29-17-26(34-24-12-8-19(2)15-23(24)29)27(30)28-13-14-33-25-16-20(3)5-9-21(25)4/h5-12,15-16,26H,13-14,17H2,1-4H3,(H,28,30). The molecule has 3 aromatic carbocycles. The van der Waals surface area contributed by atoms with Crippen LogP contribution < -0.4 is 19.1 Å². The third-order valence-electron chi connectivity index (χ3n) is 5.89. The fourth-order valence-corrected chi connectivity index (χ4v) is 5.34. The summed E-state index contributed by atoms with van der Waals surface area (Å²) < 4.78 is 40.1. The highest BCUT2D eigenvalue weighted by Crippen LogP contribution is 2.37. The molecule has 0 aromatic heterocycles. The molecule has 1 atom stereocenters. The molecule has 0 fully saturated rings. The molecule has 0 saturated heterocycles. The first-order chi connectivity index (χ1) is 16.6. The van der Waals surface area contributed by atoms with E-state index in [1.165, 1.54) is 4.31 Å². The minimum absolute atomic E-state index is 0.129. The molecule has 184 valence electrons. The normalized spacial score (nSPS) is 15.2. The summed E-state index contributed by atoms with van der Waals surface area (Å²) in [6.07, 6.45) is -0.994. The summed E-state index contributed by atoms with van der Waals surface area (Å²) >= 11 is 0. The van der Waals surface area contributed by atoms with Crippen molar-refractivity contribution in [3.8, 4) is 11.5 Å². The van der Waals surface area contributed by atoms with Crippen molar-refractivity contribution in [3.63, 3.8) is 0 Å². The average Bonchev–Trinajstić information content (AvgIpc) is 2.83. The van der Waals surface area contributed by atoms with Gasteiger partial charge >= 0.3 is 0 Å². The first-order valence-electron chi connectivity index (χ1n) is 11.5. The van der Waals surface area contributed by atoms with E-state index < -0.39 is 22.0 Å². The van der Waals surface area contributed by atoms with E-state index in [2.05, 4.69) is 5.32 Å².